The summed E-state index contributed by atoms with van der Waals surface area (Å²) >= 11 is 1.31. The van der Waals surface area contributed by atoms with Gasteiger partial charge in [0.2, 0.25) is 11.8 Å². The Hall–Kier alpha value is -4.96. The molecule has 5 rings (SSSR count). The highest BCUT2D eigenvalue weighted by Crippen LogP contribution is 2.35. The molecule has 1 aliphatic heterocycles. The SMILES string of the molecule is COc1cccc(OC)c1C(=O)Nc1ccc(SC2CC(=O)N(c3ccc(N=Nc4ccccc4)cc3)C2=O)cc1. The first-order valence-corrected chi connectivity index (χ1v) is 13.6. The third kappa shape index (κ3) is 6.28. The first-order valence-electron chi connectivity index (χ1n) is 12.7. The van der Waals surface area contributed by atoms with Crippen LogP contribution in [0.25, 0.3) is 0 Å². The molecule has 9 nitrogen and oxygen atoms in total. The molecule has 0 spiro atoms. The van der Waals surface area contributed by atoms with Crippen LogP contribution in [0, 0.1) is 0 Å². The largest absolute Gasteiger partial charge is 0.496 e. The normalized spacial score (nSPS) is 14.9. The van der Waals surface area contributed by atoms with Crippen LogP contribution in [-0.4, -0.2) is 37.2 Å². The molecule has 0 aliphatic carbocycles. The predicted molar refractivity (Wildman–Crippen MR) is 158 cm³/mol. The molecular weight excluding hydrogens is 540 g/mol. The van der Waals surface area contributed by atoms with E-state index in [4.69, 9.17) is 9.47 Å². The number of benzene rings is 4. The number of thioether (sulfide) groups is 1. The minimum absolute atomic E-state index is 0.0883. The van der Waals surface area contributed by atoms with Gasteiger partial charge in [-0.05, 0) is 72.8 Å². The fourth-order valence-corrected chi connectivity index (χ4v) is 5.35. The quantitative estimate of drug-likeness (QED) is 0.176. The number of carbonyl (C=O) groups is 3. The van der Waals surface area contributed by atoms with Gasteiger partial charge >= 0.3 is 0 Å². The zero-order valence-electron chi connectivity index (χ0n) is 22.3. The Labute approximate surface area is 241 Å². The number of anilines is 2. The van der Waals surface area contributed by atoms with E-state index in [1.807, 2.05) is 30.3 Å². The van der Waals surface area contributed by atoms with Crippen molar-refractivity contribution in [3.8, 4) is 11.5 Å². The summed E-state index contributed by atoms with van der Waals surface area (Å²) in [7, 11) is 2.98. The standard InChI is InChI=1S/C31H26N4O5S/c1-39-25-9-6-10-26(40-2)29(25)30(37)32-20-13-17-24(18-14-20)41-27-19-28(36)35(31(27)38)23-15-11-22(12-16-23)34-33-21-7-4-3-5-8-21/h3-18,27H,19H2,1-2H3,(H,32,37). The highest BCUT2D eigenvalue weighted by atomic mass is 32.2. The van der Waals surface area contributed by atoms with E-state index in [1.165, 1.54) is 30.9 Å². The number of ether oxygens (including phenoxy) is 2. The van der Waals surface area contributed by atoms with Crippen LogP contribution in [-0.2, 0) is 9.59 Å². The minimum atomic E-state index is -0.557. The third-order valence-corrected chi connectivity index (χ3v) is 7.49. The van der Waals surface area contributed by atoms with Gasteiger partial charge in [-0.2, -0.15) is 10.2 Å². The second-order valence-electron chi connectivity index (χ2n) is 8.95. The summed E-state index contributed by atoms with van der Waals surface area (Å²) in [5.74, 6) is -0.122. The Morgan fingerprint density at radius 1 is 0.805 bits per heavy atom. The molecule has 1 atom stereocenters. The van der Waals surface area contributed by atoms with Gasteiger partial charge in [0.25, 0.3) is 5.91 Å². The molecule has 1 aliphatic rings. The summed E-state index contributed by atoms with van der Waals surface area (Å²) < 4.78 is 10.6. The lowest BCUT2D eigenvalue weighted by atomic mass is 10.1. The molecule has 41 heavy (non-hydrogen) atoms. The molecule has 1 heterocycles. The van der Waals surface area contributed by atoms with E-state index >= 15 is 0 Å². The lowest BCUT2D eigenvalue weighted by Gasteiger charge is -2.15. The van der Waals surface area contributed by atoms with Gasteiger partial charge in [-0.3, -0.25) is 14.4 Å². The van der Waals surface area contributed by atoms with Gasteiger partial charge in [0.15, 0.2) is 0 Å². The molecule has 3 amide bonds. The Bertz CT molecular complexity index is 1570. The van der Waals surface area contributed by atoms with Crippen molar-refractivity contribution in [1.82, 2.24) is 0 Å². The zero-order valence-corrected chi connectivity index (χ0v) is 23.1. The summed E-state index contributed by atoms with van der Waals surface area (Å²) in [6.45, 7) is 0. The van der Waals surface area contributed by atoms with Crippen molar-refractivity contribution in [1.29, 1.82) is 0 Å². The molecule has 4 aromatic rings. The van der Waals surface area contributed by atoms with Gasteiger partial charge in [-0.1, -0.05) is 24.3 Å². The van der Waals surface area contributed by atoms with Crippen molar-refractivity contribution >= 4 is 52.2 Å². The van der Waals surface area contributed by atoms with Gasteiger partial charge in [0, 0.05) is 17.0 Å². The highest BCUT2D eigenvalue weighted by Gasteiger charge is 2.40. The molecule has 0 aromatic heterocycles. The van der Waals surface area contributed by atoms with E-state index in [0.717, 1.165) is 10.6 Å². The van der Waals surface area contributed by atoms with Gasteiger partial charge in [-0.15, -0.1) is 11.8 Å². The Morgan fingerprint density at radius 3 is 2.02 bits per heavy atom. The number of nitrogens with one attached hydrogen (secondary N) is 1. The molecule has 1 fully saturated rings. The summed E-state index contributed by atoms with van der Waals surface area (Å²) in [4.78, 5) is 40.9. The smallest absolute Gasteiger partial charge is 0.263 e. The Kier molecular flexibility index (Phi) is 8.40. The summed E-state index contributed by atoms with van der Waals surface area (Å²) in [6, 6.07) is 28.4. The number of nitrogens with zero attached hydrogens (tertiary/aromatic N) is 3. The maximum atomic E-state index is 13.2. The molecule has 0 radical (unpaired) electrons. The van der Waals surface area contributed by atoms with Gasteiger partial charge in [0.05, 0.1) is 36.5 Å². The maximum Gasteiger partial charge on any atom is 0.263 e. The molecule has 0 bridgehead atoms. The van der Waals surface area contributed by atoms with E-state index in [2.05, 4.69) is 15.5 Å². The average molecular weight is 567 g/mol. The Balaban J connectivity index is 1.22. The van der Waals surface area contributed by atoms with Crippen LogP contribution < -0.4 is 19.7 Å². The molecular formula is C31H26N4O5S. The number of imide groups is 1. The monoisotopic (exact) mass is 566 g/mol. The van der Waals surface area contributed by atoms with Crippen molar-refractivity contribution in [3.63, 3.8) is 0 Å². The van der Waals surface area contributed by atoms with E-state index in [0.29, 0.717) is 34.1 Å². The van der Waals surface area contributed by atoms with Crippen LogP contribution in [0.2, 0.25) is 0 Å². The second kappa shape index (κ2) is 12.5. The lowest BCUT2D eigenvalue weighted by molar-refractivity contribution is -0.121. The number of carbonyl (C=O) groups excluding carboxylic acids is 3. The molecule has 1 unspecified atom stereocenters. The van der Waals surface area contributed by atoms with Crippen molar-refractivity contribution in [2.24, 2.45) is 10.2 Å². The molecule has 206 valence electrons. The van der Waals surface area contributed by atoms with E-state index in [-0.39, 0.29) is 24.1 Å². The minimum Gasteiger partial charge on any atom is -0.496 e. The summed E-state index contributed by atoms with van der Waals surface area (Å²) in [6.07, 6.45) is 0.0883. The van der Waals surface area contributed by atoms with Crippen LogP contribution >= 0.6 is 11.8 Å². The second-order valence-corrected chi connectivity index (χ2v) is 10.2. The van der Waals surface area contributed by atoms with Crippen LogP contribution in [0.3, 0.4) is 0 Å². The van der Waals surface area contributed by atoms with Gasteiger partial charge in [-0.25, -0.2) is 4.90 Å². The van der Waals surface area contributed by atoms with Gasteiger partial charge < -0.3 is 14.8 Å². The molecule has 0 saturated carbocycles. The molecule has 1 saturated heterocycles. The van der Waals surface area contributed by atoms with E-state index in [9.17, 15) is 14.4 Å². The zero-order chi connectivity index (χ0) is 28.8. The average Bonchev–Trinajstić information content (AvgIpc) is 3.29. The highest BCUT2D eigenvalue weighted by molar-refractivity contribution is 8.00. The first-order chi connectivity index (χ1) is 20.0. The van der Waals surface area contributed by atoms with Gasteiger partial charge in [0.1, 0.15) is 17.1 Å². The van der Waals surface area contributed by atoms with E-state index < -0.39 is 5.25 Å². The van der Waals surface area contributed by atoms with Crippen molar-refractivity contribution in [2.45, 2.75) is 16.6 Å². The lowest BCUT2D eigenvalue weighted by Crippen LogP contribution is -2.30. The number of hydrogen-bond acceptors (Lipinski definition) is 8. The summed E-state index contributed by atoms with van der Waals surface area (Å²) in [5.41, 5.74) is 2.68. The number of amides is 3. The predicted octanol–water partition coefficient (Wildman–Crippen LogP) is 6.80. The topological polar surface area (TPSA) is 110 Å². The van der Waals surface area contributed by atoms with Crippen LogP contribution in [0.4, 0.5) is 22.7 Å². The fraction of sp³-hybridized carbons (Fsp3) is 0.129. The van der Waals surface area contributed by atoms with E-state index in [1.54, 1.807) is 66.7 Å². The number of rotatable bonds is 9. The molecule has 4 aromatic carbocycles. The fourth-order valence-electron chi connectivity index (χ4n) is 4.30. The van der Waals surface area contributed by atoms with Crippen molar-refractivity contribution in [2.75, 3.05) is 24.4 Å². The first kappa shape index (κ1) is 27.6. The third-order valence-electron chi connectivity index (χ3n) is 6.30. The summed E-state index contributed by atoms with van der Waals surface area (Å²) in [5, 5.41) is 10.7. The maximum absolute atomic E-state index is 13.2. The number of azo groups is 1. The number of methoxy groups -OCH3 is 2. The van der Waals surface area contributed by atoms with Crippen molar-refractivity contribution in [3.05, 3.63) is 103 Å². The Morgan fingerprint density at radius 2 is 1.41 bits per heavy atom. The van der Waals surface area contributed by atoms with Crippen LogP contribution in [0.1, 0.15) is 16.8 Å². The number of hydrogen-bond donors (Lipinski definition) is 1. The molecule has 10 heteroatoms. The van der Waals surface area contributed by atoms with Crippen LogP contribution in [0.5, 0.6) is 11.5 Å². The van der Waals surface area contributed by atoms with Crippen molar-refractivity contribution < 1.29 is 23.9 Å². The molecule has 1 N–H and O–H groups in total. The van der Waals surface area contributed by atoms with Crippen LogP contribution in [0.15, 0.2) is 112 Å².